The first-order valence-electron chi connectivity index (χ1n) is 8.03. The molecule has 0 radical (unpaired) electrons. The molecule has 0 bridgehead atoms. The van der Waals surface area contributed by atoms with E-state index in [1.54, 1.807) is 7.11 Å². The van der Waals surface area contributed by atoms with E-state index in [9.17, 15) is 0 Å². The highest BCUT2D eigenvalue weighted by molar-refractivity contribution is 5.38. The van der Waals surface area contributed by atoms with Crippen LogP contribution < -0.4 is 4.74 Å². The molecule has 0 heterocycles. The summed E-state index contributed by atoms with van der Waals surface area (Å²) >= 11 is 0. The Morgan fingerprint density at radius 3 is 2.19 bits per heavy atom. The van der Waals surface area contributed by atoms with Crippen molar-refractivity contribution in [2.75, 3.05) is 7.11 Å². The predicted molar refractivity (Wildman–Crippen MR) is 89.9 cm³/mol. The Kier molecular flexibility index (Phi) is 6.27. The molecule has 0 saturated carbocycles. The topological polar surface area (TPSA) is 18.5 Å². The molecule has 2 heteroatoms. The first-order valence-corrected chi connectivity index (χ1v) is 8.03. The minimum Gasteiger partial charge on any atom is -0.465 e. The highest BCUT2D eigenvalue weighted by Gasteiger charge is 2.31. The molecule has 1 rings (SSSR count). The molecule has 2 atom stereocenters. The Hall–Kier alpha value is -1.02. The lowest BCUT2D eigenvalue weighted by Crippen LogP contribution is -2.26. The molecule has 2 unspecified atom stereocenters. The molecular formula is C19H32O2. The molecule has 0 saturated heterocycles. The van der Waals surface area contributed by atoms with Crippen LogP contribution in [0, 0.1) is 18.3 Å². The Balaban J connectivity index is 3.10. The molecule has 0 N–H and O–H groups in total. The summed E-state index contributed by atoms with van der Waals surface area (Å²) in [4.78, 5) is 0. The van der Waals surface area contributed by atoms with Crippen molar-refractivity contribution in [1.82, 2.24) is 0 Å². The lowest BCUT2D eigenvalue weighted by Gasteiger charge is -2.37. The molecule has 0 spiro atoms. The number of hydrogen-bond donors (Lipinski definition) is 0. The fraction of sp³-hybridized carbons (Fsp3) is 0.684. The zero-order valence-electron chi connectivity index (χ0n) is 15.0. The third-order valence-corrected chi connectivity index (χ3v) is 4.60. The van der Waals surface area contributed by atoms with E-state index in [1.165, 1.54) is 17.5 Å². The van der Waals surface area contributed by atoms with Gasteiger partial charge in [0.25, 0.3) is 0 Å². The van der Waals surface area contributed by atoms with E-state index >= 15 is 0 Å². The average molecular weight is 292 g/mol. The van der Waals surface area contributed by atoms with E-state index in [1.807, 2.05) is 6.92 Å². The molecule has 0 aliphatic rings. The van der Waals surface area contributed by atoms with E-state index in [4.69, 9.17) is 9.47 Å². The molecule has 21 heavy (non-hydrogen) atoms. The fourth-order valence-corrected chi connectivity index (χ4v) is 3.18. The van der Waals surface area contributed by atoms with Crippen LogP contribution in [0.5, 0.6) is 5.75 Å². The van der Waals surface area contributed by atoms with E-state index in [0.29, 0.717) is 17.3 Å². The second-order valence-electron chi connectivity index (χ2n) is 7.01. The molecule has 0 aliphatic carbocycles. The highest BCUT2D eigenvalue weighted by Crippen LogP contribution is 2.44. The van der Waals surface area contributed by atoms with Crippen molar-refractivity contribution in [2.24, 2.45) is 11.3 Å². The minimum absolute atomic E-state index is 0.220. The molecule has 0 amide bonds. The van der Waals surface area contributed by atoms with Crippen LogP contribution in [0.2, 0.25) is 0 Å². The summed E-state index contributed by atoms with van der Waals surface area (Å²) in [5.41, 5.74) is 2.88. The third kappa shape index (κ3) is 4.47. The average Bonchev–Trinajstić information content (AvgIpc) is 2.41. The number of aryl methyl sites for hydroxylation is 1. The maximum Gasteiger partial charge on any atom is 0.196 e. The second kappa shape index (κ2) is 7.31. The zero-order valence-corrected chi connectivity index (χ0v) is 15.0. The van der Waals surface area contributed by atoms with Gasteiger partial charge in [-0.15, -0.1) is 0 Å². The second-order valence-corrected chi connectivity index (χ2v) is 7.01. The van der Waals surface area contributed by atoms with Crippen molar-refractivity contribution in [3.8, 4) is 5.75 Å². The van der Waals surface area contributed by atoms with Gasteiger partial charge in [0.15, 0.2) is 6.29 Å². The molecule has 120 valence electrons. The van der Waals surface area contributed by atoms with Crippen LogP contribution in [0.4, 0.5) is 0 Å². The Bertz CT molecular complexity index is 449. The van der Waals surface area contributed by atoms with Gasteiger partial charge in [0.05, 0.1) is 0 Å². The maximum atomic E-state index is 5.78. The van der Waals surface area contributed by atoms with Crippen molar-refractivity contribution in [1.29, 1.82) is 0 Å². The van der Waals surface area contributed by atoms with Crippen LogP contribution in [0.3, 0.4) is 0 Å². The molecule has 0 aromatic heterocycles. The summed E-state index contributed by atoms with van der Waals surface area (Å²) in [6, 6.07) is 6.58. The summed E-state index contributed by atoms with van der Waals surface area (Å²) < 4.78 is 11.0. The number of rotatable bonds is 7. The summed E-state index contributed by atoms with van der Waals surface area (Å²) in [6.07, 6.45) is 0.955. The molecule has 1 aromatic rings. The van der Waals surface area contributed by atoms with E-state index in [2.05, 4.69) is 59.7 Å². The van der Waals surface area contributed by atoms with Gasteiger partial charge in [-0.3, -0.25) is 0 Å². The smallest absolute Gasteiger partial charge is 0.196 e. The largest absolute Gasteiger partial charge is 0.465 e. The lowest BCUT2D eigenvalue weighted by atomic mass is 9.68. The standard InChI is InChI=1S/C19H32O2/c1-9-19(6,7)18(13(2)3)16-10-11-17(14(4)12-16)21-15(5)20-8/h10-13,15,18H,9H2,1-8H3. The predicted octanol–water partition coefficient (Wildman–Crippen LogP) is 5.54. The van der Waals surface area contributed by atoms with Crippen molar-refractivity contribution < 1.29 is 9.47 Å². The quantitative estimate of drug-likeness (QED) is 0.614. The van der Waals surface area contributed by atoms with Crippen molar-refractivity contribution in [2.45, 2.75) is 67.1 Å². The monoisotopic (exact) mass is 292 g/mol. The fourth-order valence-electron chi connectivity index (χ4n) is 3.18. The maximum absolute atomic E-state index is 5.78. The minimum atomic E-state index is -0.220. The Morgan fingerprint density at radius 1 is 1.14 bits per heavy atom. The van der Waals surface area contributed by atoms with Gasteiger partial charge >= 0.3 is 0 Å². The molecular weight excluding hydrogens is 260 g/mol. The molecule has 2 nitrogen and oxygen atoms in total. The van der Waals surface area contributed by atoms with Crippen LogP contribution in [-0.2, 0) is 4.74 Å². The third-order valence-electron chi connectivity index (χ3n) is 4.60. The van der Waals surface area contributed by atoms with Gasteiger partial charge in [-0.1, -0.05) is 53.2 Å². The van der Waals surface area contributed by atoms with E-state index < -0.39 is 0 Å². The van der Waals surface area contributed by atoms with E-state index in [0.717, 1.165) is 5.75 Å². The first kappa shape index (κ1) is 18.0. The van der Waals surface area contributed by atoms with Gasteiger partial charge in [-0.2, -0.15) is 0 Å². The van der Waals surface area contributed by atoms with Crippen molar-refractivity contribution >= 4 is 0 Å². The van der Waals surface area contributed by atoms with Gasteiger partial charge < -0.3 is 9.47 Å². The van der Waals surface area contributed by atoms with Gasteiger partial charge in [-0.25, -0.2) is 0 Å². The number of ether oxygens (including phenoxy) is 2. The van der Waals surface area contributed by atoms with Gasteiger partial charge in [0, 0.05) is 7.11 Å². The summed E-state index contributed by atoms with van der Waals surface area (Å²) in [5.74, 6) is 2.07. The van der Waals surface area contributed by atoms with Crippen LogP contribution >= 0.6 is 0 Å². The highest BCUT2D eigenvalue weighted by atomic mass is 16.7. The number of hydrogen-bond acceptors (Lipinski definition) is 2. The van der Waals surface area contributed by atoms with Crippen LogP contribution in [0.25, 0.3) is 0 Å². The van der Waals surface area contributed by atoms with Crippen molar-refractivity contribution in [3.05, 3.63) is 29.3 Å². The number of benzene rings is 1. The van der Waals surface area contributed by atoms with E-state index in [-0.39, 0.29) is 6.29 Å². The van der Waals surface area contributed by atoms with Crippen LogP contribution in [0.15, 0.2) is 18.2 Å². The van der Waals surface area contributed by atoms with Crippen LogP contribution in [0.1, 0.15) is 65.0 Å². The Labute approximate surface area is 130 Å². The lowest BCUT2D eigenvalue weighted by molar-refractivity contribution is -0.0387. The summed E-state index contributed by atoms with van der Waals surface area (Å²) in [7, 11) is 1.66. The van der Waals surface area contributed by atoms with Gasteiger partial charge in [-0.05, 0) is 48.3 Å². The van der Waals surface area contributed by atoms with Gasteiger partial charge in [0.2, 0.25) is 0 Å². The Morgan fingerprint density at radius 2 is 1.76 bits per heavy atom. The summed E-state index contributed by atoms with van der Waals surface area (Å²) in [5, 5.41) is 0. The number of methoxy groups -OCH3 is 1. The SMILES string of the molecule is CCC(C)(C)C(c1ccc(OC(C)OC)c(C)c1)C(C)C. The normalized spacial score (nSPS) is 15.1. The van der Waals surface area contributed by atoms with Crippen LogP contribution in [-0.4, -0.2) is 13.4 Å². The molecule has 0 aliphatic heterocycles. The zero-order chi connectivity index (χ0) is 16.2. The summed E-state index contributed by atoms with van der Waals surface area (Å²) in [6.45, 7) is 15.7. The van der Waals surface area contributed by atoms with Crippen molar-refractivity contribution in [3.63, 3.8) is 0 Å². The first-order chi connectivity index (χ1) is 9.72. The van der Waals surface area contributed by atoms with Gasteiger partial charge in [0.1, 0.15) is 5.75 Å². The molecule has 1 aromatic carbocycles. The molecule has 0 fully saturated rings.